The maximum Gasteiger partial charge on any atom is 0.259 e. The summed E-state index contributed by atoms with van der Waals surface area (Å²) in [7, 11) is 3.38. The van der Waals surface area contributed by atoms with E-state index in [2.05, 4.69) is 15.9 Å². The van der Waals surface area contributed by atoms with Crippen LogP contribution >= 0.6 is 15.9 Å². The molecule has 0 aliphatic carbocycles. The van der Waals surface area contributed by atoms with Crippen molar-refractivity contribution < 1.29 is 14.3 Å². The summed E-state index contributed by atoms with van der Waals surface area (Å²) in [5.41, 5.74) is 6.63. The average molecular weight is 345 g/mol. The third-order valence-electron chi connectivity index (χ3n) is 2.64. The Labute approximate surface area is 128 Å². The standard InChI is InChI=1S/C14H21BrN2O3/c1-4-19-12-8-10(5-6-16)7-11(15)14(12)20-9-13(18)17(2)3/h7-8H,4-6,9,16H2,1-3H3. The van der Waals surface area contributed by atoms with Crippen LogP contribution in [-0.4, -0.2) is 44.7 Å². The monoisotopic (exact) mass is 344 g/mol. The Balaban J connectivity index is 2.95. The van der Waals surface area contributed by atoms with Gasteiger partial charge in [0, 0.05) is 14.1 Å². The first-order valence-electron chi connectivity index (χ1n) is 6.47. The fraction of sp³-hybridized carbons (Fsp3) is 0.500. The lowest BCUT2D eigenvalue weighted by Crippen LogP contribution is -2.27. The summed E-state index contributed by atoms with van der Waals surface area (Å²) >= 11 is 3.45. The predicted molar refractivity (Wildman–Crippen MR) is 82.3 cm³/mol. The summed E-state index contributed by atoms with van der Waals surface area (Å²) < 4.78 is 11.9. The molecule has 0 saturated heterocycles. The average Bonchev–Trinajstić information content (AvgIpc) is 2.38. The van der Waals surface area contributed by atoms with E-state index in [0.29, 0.717) is 24.7 Å². The summed E-state index contributed by atoms with van der Waals surface area (Å²) in [4.78, 5) is 13.1. The zero-order valence-corrected chi connectivity index (χ0v) is 13.7. The number of nitrogens with two attached hydrogens (primary N) is 1. The minimum atomic E-state index is -0.106. The van der Waals surface area contributed by atoms with Gasteiger partial charge in [0.15, 0.2) is 18.1 Å². The van der Waals surface area contributed by atoms with Gasteiger partial charge in [-0.2, -0.15) is 0 Å². The van der Waals surface area contributed by atoms with E-state index < -0.39 is 0 Å². The van der Waals surface area contributed by atoms with Crippen molar-refractivity contribution in [3.8, 4) is 11.5 Å². The molecule has 0 fully saturated rings. The Hall–Kier alpha value is -1.27. The van der Waals surface area contributed by atoms with Gasteiger partial charge < -0.3 is 20.1 Å². The molecule has 0 heterocycles. The van der Waals surface area contributed by atoms with Gasteiger partial charge in [0.05, 0.1) is 11.1 Å². The third-order valence-corrected chi connectivity index (χ3v) is 3.23. The quantitative estimate of drug-likeness (QED) is 0.819. The van der Waals surface area contributed by atoms with Crippen LogP contribution in [0, 0.1) is 0 Å². The number of hydrogen-bond donors (Lipinski definition) is 1. The highest BCUT2D eigenvalue weighted by Gasteiger charge is 2.14. The Morgan fingerprint density at radius 1 is 1.35 bits per heavy atom. The molecule has 1 aromatic carbocycles. The highest BCUT2D eigenvalue weighted by Crippen LogP contribution is 2.37. The second-order valence-electron chi connectivity index (χ2n) is 4.45. The van der Waals surface area contributed by atoms with E-state index in [9.17, 15) is 4.79 Å². The van der Waals surface area contributed by atoms with Crippen molar-refractivity contribution in [2.75, 3.05) is 33.9 Å². The first kappa shape index (κ1) is 16.8. The minimum Gasteiger partial charge on any atom is -0.490 e. The van der Waals surface area contributed by atoms with E-state index in [1.165, 1.54) is 4.90 Å². The van der Waals surface area contributed by atoms with Crippen LogP contribution < -0.4 is 15.2 Å². The van der Waals surface area contributed by atoms with Crippen molar-refractivity contribution in [1.82, 2.24) is 4.90 Å². The van der Waals surface area contributed by atoms with E-state index >= 15 is 0 Å². The van der Waals surface area contributed by atoms with Crippen LogP contribution in [0.25, 0.3) is 0 Å². The lowest BCUT2D eigenvalue weighted by atomic mass is 10.1. The predicted octanol–water partition coefficient (Wildman–Crippen LogP) is 1.82. The molecule has 6 heteroatoms. The molecular weight excluding hydrogens is 324 g/mol. The molecule has 0 bridgehead atoms. The largest absolute Gasteiger partial charge is 0.490 e. The smallest absolute Gasteiger partial charge is 0.259 e. The van der Waals surface area contributed by atoms with Crippen LogP contribution in [-0.2, 0) is 11.2 Å². The summed E-state index contributed by atoms with van der Waals surface area (Å²) in [6, 6.07) is 3.83. The molecule has 5 nitrogen and oxygen atoms in total. The van der Waals surface area contributed by atoms with Crippen molar-refractivity contribution in [3.63, 3.8) is 0 Å². The number of carbonyl (C=O) groups is 1. The van der Waals surface area contributed by atoms with Gasteiger partial charge in [-0.25, -0.2) is 0 Å². The van der Waals surface area contributed by atoms with Crippen LogP contribution in [0.4, 0.5) is 0 Å². The summed E-state index contributed by atoms with van der Waals surface area (Å²) in [6.45, 7) is 2.97. The lowest BCUT2D eigenvalue weighted by Gasteiger charge is -2.16. The van der Waals surface area contributed by atoms with Gasteiger partial charge in [0.25, 0.3) is 5.91 Å². The van der Waals surface area contributed by atoms with Gasteiger partial charge in [-0.05, 0) is 53.5 Å². The van der Waals surface area contributed by atoms with Crippen molar-refractivity contribution >= 4 is 21.8 Å². The SMILES string of the molecule is CCOc1cc(CCN)cc(Br)c1OCC(=O)N(C)C. The molecule has 1 rings (SSSR count). The normalized spacial score (nSPS) is 10.2. The summed E-state index contributed by atoms with van der Waals surface area (Å²) in [5.74, 6) is 1.06. The van der Waals surface area contributed by atoms with Gasteiger partial charge in [-0.3, -0.25) is 4.79 Å². The summed E-state index contributed by atoms with van der Waals surface area (Å²) in [5, 5.41) is 0. The van der Waals surface area contributed by atoms with Crippen molar-refractivity contribution in [2.45, 2.75) is 13.3 Å². The van der Waals surface area contributed by atoms with Crippen molar-refractivity contribution in [3.05, 3.63) is 22.2 Å². The Morgan fingerprint density at radius 2 is 2.05 bits per heavy atom. The number of nitrogens with zero attached hydrogens (tertiary/aromatic N) is 1. The molecule has 2 N–H and O–H groups in total. The highest BCUT2D eigenvalue weighted by molar-refractivity contribution is 9.10. The maximum atomic E-state index is 11.6. The molecule has 1 aromatic rings. The van der Waals surface area contributed by atoms with E-state index in [1.54, 1.807) is 14.1 Å². The molecule has 0 aliphatic rings. The van der Waals surface area contributed by atoms with E-state index in [-0.39, 0.29) is 12.5 Å². The van der Waals surface area contributed by atoms with Crippen LogP contribution in [0.15, 0.2) is 16.6 Å². The number of rotatable bonds is 7. The zero-order valence-electron chi connectivity index (χ0n) is 12.1. The Morgan fingerprint density at radius 3 is 2.60 bits per heavy atom. The Kier molecular flexibility index (Phi) is 6.81. The van der Waals surface area contributed by atoms with Crippen LogP contribution in [0.2, 0.25) is 0 Å². The number of likely N-dealkylation sites (N-methyl/N-ethyl adjacent to an activating group) is 1. The number of ether oxygens (including phenoxy) is 2. The van der Waals surface area contributed by atoms with Crippen LogP contribution in [0.3, 0.4) is 0 Å². The zero-order chi connectivity index (χ0) is 15.1. The molecule has 20 heavy (non-hydrogen) atoms. The first-order valence-corrected chi connectivity index (χ1v) is 7.27. The molecular formula is C14H21BrN2O3. The fourth-order valence-corrected chi connectivity index (χ4v) is 2.20. The Bertz CT molecular complexity index is 464. The van der Waals surface area contributed by atoms with Crippen molar-refractivity contribution in [1.29, 1.82) is 0 Å². The van der Waals surface area contributed by atoms with Gasteiger partial charge in [-0.15, -0.1) is 0 Å². The topological polar surface area (TPSA) is 64.8 Å². The molecule has 0 saturated carbocycles. The molecule has 0 unspecified atom stereocenters. The number of benzene rings is 1. The number of hydrogen-bond acceptors (Lipinski definition) is 4. The van der Waals surface area contributed by atoms with Crippen LogP contribution in [0.5, 0.6) is 11.5 Å². The van der Waals surface area contributed by atoms with E-state index in [0.717, 1.165) is 16.5 Å². The van der Waals surface area contributed by atoms with Crippen molar-refractivity contribution in [2.24, 2.45) is 5.73 Å². The molecule has 1 amide bonds. The lowest BCUT2D eigenvalue weighted by molar-refractivity contribution is -0.130. The van der Waals surface area contributed by atoms with Gasteiger partial charge >= 0.3 is 0 Å². The van der Waals surface area contributed by atoms with Gasteiger partial charge in [-0.1, -0.05) is 0 Å². The maximum absolute atomic E-state index is 11.6. The molecule has 0 aromatic heterocycles. The van der Waals surface area contributed by atoms with Gasteiger partial charge in [0.2, 0.25) is 0 Å². The molecule has 0 radical (unpaired) electrons. The fourth-order valence-electron chi connectivity index (χ4n) is 1.60. The minimum absolute atomic E-state index is 0.0259. The second kappa shape index (κ2) is 8.11. The molecule has 0 aliphatic heterocycles. The summed E-state index contributed by atoms with van der Waals surface area (Å²) in [6.07, 6.45) is 0.760. The highest BCUT2D eigenvalue weighted by atomic mass is 79.9. The number of amides is 1. The van der Waals surface area contributed by atoms with Crippen LogP contribution in [0.1, 0.15) is 12.5 Å². The van der Waals surface area contributed by atoms with E-state index in [1.807, 2.05) is 19.1 Å². The molecule has 0 spiro atoms. The first-order chi connectivity index (χ1) is 9.49. The van der Waals surface area contributed by atoms with E-state index in [4.69, 9.17) is 15.2 Å². The van der Waals surface area contributed by atoms with Gasteiger partial charge in [0.1, 0.15) is 0 Å². The number of carbonyl (C=O) groups excluding carboxylic acids is 1. The number of halogens is 1. The third kappa shape index (κ3) is 4.68. The molecule has 112 valence electrons. The second-order valence-corrected chi connectivity index (χ2v) is 5.31. The molecule has 0 atom stereocenters.